The van der Waals surface area contributed by atoms with Gasteiger partial charge in [-0.2, -0.15) is 0 Å². The minimum atomic E-state index is -0.639. The average molecular weight is 471 g/mol. The summed E-state index contributed by atoms with van der Waals surface area (Å²) in [4.78, 5) is 40.2. The van der Waals surface area contributed by atoms with Gasteiger partial charge in [0.05, 0.1) is 24.1 Å². The minimum absolute atomic E-state index is 0.136. The van der Waals surface area contributed by atoms with E-state index in [9.17, 15) is 14.4 Å². The second-order valence-electron chi connectivity index (χ2n) is 8.12. The number of ether oxygens (including phenoxy) is 2. The lowest BCUT2D eigenvalue weighted by Gasteiger charge is -2.27. The van der Waals surface area contributed by atoms with E-state index in [0.717, 1.165) is 0 Å². The van der Waals surface area contributed by atoms with Crippen molar-refractivity contribution in [2.24, 2.45) is 0 Å². The van der Waals surface area contributed by atoms with Crippen LogP contribution in [0.5, 0.6) is 5.75 Å². The molecule has 178 valence electrons. The smallest absolute Gasteiger partial charge is 0.339 e. The lowest BCUT2D eigenvalue weighted by atomic mass is 10.0. The van der Waals surface area contributed by atoms with Crippen molar-refractivity contribution in [1.29, 1.82) is 0 Å². The molecule has 0 fully saturated rings. The van der Waals surface area contributed by atoms with Gasteiger partial charge >= 0.3 is 5.97 Å². The second-order valence-corrected chi connectivity index (χ2v) is 8.12. The minimum Gasteiger partial charge on any atom is -0.496 e. The Bertz CT molecular complexity index is 1270. The number of hydrogen-bond acceptors (Lipinski definition) is 5. The Morgan fingerprint density at radius 2 is 1.69 bits per heavy atom. The summed E-state index contributed by atoms with van der Waals surface area (Å²) in [6.45, 7) is 1.32. The fourth-order valence-electron chi connectivity index (χ4n) is 4.06. The van der Waals surface area contributed by atoms with Crippen LogP contribution in [0.2, 0.25) is 0 Å². The van der Waals surface area contributed by atoms with Crippen LogP contribution < -0.4 is 15.0 Å². The number of esters is 1. The highest BCUT2D eigenvalue weighted by atomic mass is 16.5. The van der Waals surface area contributed by atoms with E-state index in [0.29, 0.717) is 33.8 Å². The van der Waals surface area contributed by atoms with Crippen molar-refractivity contribution in [2.75, 3.05) is 23.9 Å². The lowest BCUT2D eigenvalue weighted by molar-refractivity contribution is -0.142. The van der Waals surface area contributed by atoms with E-state index in [4.69, 9.17) is 9.47 Å². The van der Waals surface area contributed by atoms with E-state index in [1.807, 2.05) is 36.4 Å². The van der Waals surface area contributed by atoms with Gasteiger partial charge in [0.25, 0.3) is 5.91 Å². The predicted octanol–water partition coefficient (Wildman–Crippen LogP) is 4.54. The van der Waals surface area contributed by atoms with Crippen molar-refractivity contribution in [3.05, 3.63) is 90.0 Å². The molecule has 0 aliphatic carbocycles. The molecule has 1 atom stereocenters. The number of benzene rings is 3. The Hall–Kier alpha value is -4.39. The number of fused-ring (bicyclic) bond motifs is 1. The lowest BCUT2D eigenvalue weighted by Crippen LogP contribution is -2.41. The zero-order valence-electron chi connectivity index (χ0n) is 19.6. The summed E-state index contributed by atoms with van der Waals surface area (Å²) in [5.41, 5.74) is 2.77. The first kappa shape index (κ1) is 23.8. The average Bonchev–Trinajstić information content (AvgIpc) is 3.00. The van der Waals surface area contributed by atoms with Gasteiger partial charge in [-0.3, -0.25) is 9.59 Å². The Morgan fingerprint density at radius 3 is 2.46 bits per heavy atom. The van der Waals surface area contributed by atoms with E-state index in [2.05, 4.69) is 5.32 Å². The van der Waals surface area contributed by atoms with E-state index in [-0.39, 0.29) is 12.3 Å². The molecule has 35 heavy (non-hydrogen) atoms. The normalized spacial score (nSPS) is 15.5. The van der Waals surface area contributed by atoms with Gasteiger partial charge in [0.15, 0.2) is 6.61 Å². The molecule has 1 N–H and O–H groups in total. The number of carbonyl (C=O) groups is 3. The molecule has 2 amide bonds. The molecule has 4 rings (SSSR count). The Morgan fingerprint density at radius 1 is 1.00 bits per heavy atom. The monoisotopic (exact) mass is 470 g/mol. The molecule has 0 aromatic heterocycles. The highest BCUT2D eigenvalue weighted by Crippen LogP contribution is 2.31. The molecule has 0 spiro atoms. The third kappa shape index (κ3) is 5.41. The van der Waals surface area contributed by atoms with Crippen molar-refractivity contribution in [3.8, 4) is 5.75 Å². The molecular formula is C28H26N2O5. The maximum Gasteiger partial charge on any atom is 0.339 e. The first-order chi connectivity index (χ1) is 17.0. The summed E-state index contributed by atoms with van der Waals surface area (Å²) in [5.74, 6) is -0.625. The van der Waals surface area contributed by atoms with Crippen LogP contribution in [0.25, 0.3) is 11.6 Å². The highest BCUT2D eigenvalue weighted by Gasteiger charge is 2.30. The molecule has 0 radical (unpaired) electrons. The molecule has 0 saturated carbocycles. The van der Waals surface area contributed by atoms with Crippen LogP contribution in [-0.2, 0) is 19.1 Å². The maximum atomic E-state index is 13.2. The number of para-hydroxylation sites is 3. The van der Waals surface area contributed by atoms with Crippen LogP contribution >= 0.6 is 0 Å². The van der Waals surface area contributed by atoms with Gasteiger partial charge in [-0.25, -0.2) is 4.79 Å². The third-order valence-corrected chi connectivity index (χ3v) is 5.70. The number of hydrogen-bond donors (Lipinski definition) is 1. The molecular weight excluding hydrogens is 444 g/mol. The predicted molar refractivity (Wildman–Crippen MR) is 135 cm³/mol. The largest absolute Gasteiger partial charge is 0.496 e. The van der Waals surface area contributed by atoms with Crippen molar-refractivity contribution in [3.63, 3.8) is 0 Å². The van der Waals surface area contributed by atoms with Crippen LogP contribution in [0, 0.1) is 0 Å². The standard InChI is InChI=1S/C28H26N2O5/c1-19-16-26(31)29-23-13-7-8-14-24(23)30(19)27(32)18-35-28(33)22(20-10-4-3-5-11-20)17-21-12-6-9-15-25(21)34-2/h3-15,17,19H,16,18H2,1-2H3,(H,29,31)/b22-17+. The molecule has 7 nitrogen and oxygen atoms in total. The Kier molecular flexibility index (Phi) is 7.26. The number of carbonyl (C=O) groups excluding carboxylic acids is 3. The summed E-state index contributed by atoms with van der Waals surface area (Å²) < 4.78 is 10.9. The summed E-state index contributed by atoms with van der Waals surface area (Å²) in [6.07, 6.45) is 1.82. The maximum absolute atomic E-state index is 13.2. The first-order valence-corrected chi connectivity index (χ1v) is 11.3. The van der Waals surface area contributed by atoms with Gasteiger partial charge in [0.1, 0.15) is 5.75 Å². The molecule has 3 aromatic rings. The van der Waals surface area contributed by atoms with Crippen molar-refractivity contribution in [1.82, 2.24) is 0 Å². The third-order valence-electron chi connectivity index (χ3n) is 5.70. The van der Waals surface area contributed by atoms with E-state index in [1.54, 1.807) is 62.6 Å². The van der Waals surface area contributed by atoms with Gasteiger partial charge in [0, 0.05) is 18.0 Å². The SMILES string of the molecule is COc1ccccc1/C=C(/C(=O)OCC(=O)N1c2ccccc2NC(=O)CC1C)c1ccccc1. The molecule has 0 bridgehead atoms. The van der Waals surface area contributed by atoms with Gasteiger partial charge in [-0.1, -0.05) is 60.7 Å². The Balaban J connectivity index is 1.59. The van der Waals surface area contributed by atoms with Crippen LogP contribution in [0.3, 0.4) is 0 Å². The fraction of sp³-hybridized carbons (Fsp3) is 0.179. The van der Waals surface area contributed by atoms with Gasteiger partial charge in [-0.15, -0.1) is 0 Å². The van der Waals surface area contributed by atoms with Gasteiger partial charge in [-0.05, 0) is 36.8 Å². The molecule has 1 heterocycles. The molecule has 3 aromatic carbocycles. The zero-order chi connectivity index (χ0) is 24.8. The first-order valence-electron chi connectivity index (χ1n) is 11.3. The highest BCUT2D eigenvalue weighted by molar-refractivity contribution is 6.22. The molecule has 0 saturated heterocycles. The van der Waals surface area contributed by atoms with Crippen molar-refractivity contribution in [2.45, 2.75) is 19.4 Å². The quantitative estimate of drug-likeness (QED) is 0.325. The number of amides is 2. The zero-order valence-corrected chi connectivity index (χ0v) is 19.6. The number of rotatable bonds is 6. The molecule has 1 aliphatic rings. The number of nitrogens with one attached hydrogen (secondary N) is 1. The topological polar surface area (TPSA) is 84.9 Å². The summed E-state index contributed by atoms with van der Waals surface area (Å²) in [7, 11) is 1.56. The van der Waals surface area contributed by atoms with Crippen LogP contribution in [0.4, 0.5) is 11.4 Å². The van der Waals surface area contributed by atoms with E-state index in [1.165, 1.54) is 4.90 Å². The van der Waals surface area contributed by atoms with Crippen LogP contribution in [0.1, 0.15) is 24.5 Å². The van der Waals surface area contributed by atoms with Crippen molar-refractivity contribution < 1.29 is 23.9 Å². The van der Waals surface area contributed by atoms with Gasteiger partial charge in [0.2, 0.25) is 5.91 Å². The molecule has 1 aliphatic heterocycles. The van der Waals surface area contributed by atoms with Crippen LogP contribution in [-0.4, -0.2) is 37.5 Å². The van der Waals surface area contributed by atoms with Crippen LogP contribution in [0.15, 0.2) is 78.9 Å². The summed E-state index contributed by atoms with van der Waals surface area (Å²) >= 11 is 0. The van der Waals surface area contributed by atoms with Crippen molar-refractivity contribution >= 4 is 40.8 Å². The fourth-order valence-corrected chi connectivity index (χ4v) is 4.06. The molecule has 1 unspecified atom stereocenters. The Labute approximate surface area is 204 Å². The number of anilines is 2. The molecule has 7 heteroatoms. The van der Waals surface area contributed by atoms with E-state index < -0.39 is 24.5 Å². The number of methoxy groups -OCH3 is 1. The number of nitrogens with zero attached hydrogens (tertiary/aromatic N) is 1. The second kappa shape index (κ2) is 10.7. The summed E-state index contributed by atoms with van der Waals surface area (Å²) in [5, 5.41) is 2.82. The van der Waals surface area contributed by atoms with Gasteiger partial charge < -0.3 is 19.7 Å². The van der Waals surface area contributed by atoms with E-state index >= 15 is 0 Å². The summed E-state index contributed by atoms with van der Waals surface area (Å²) in [6, 6.07) is 23.1.